The zero-order chi connectivity index (χ0) is 21.3. The number of hydrogen-bond donors (Lipinski definition) is 1. The first kappa shape index (κ1) is 20.3. The molecule has 0 saturated carbocycles. The maximum Gasteiger partial charge on any atom is 0.358 e. The quantitative estimate of drug-likeness (QED) is 0.428. The van der Waals surface area contributed by atoms with Gasteiger partial charge in [0.25, 0.3) is 0 Å². The van der Waals surface area contributed by atoms with Gasteiger partial charge in [-0.15, -0.1) is 16.4 Å². The van der Waals surface area contributed by atoms with Crippen LogP contribution in [0.2, 0.25) is 10.0 Å². The van der Waals surface area contributed by atoms with E-state index < -0.39 is 5.97 Å². The predicted octanol–water partition coefficient (Wildman–Crippen LogP) is 5.13. The van der Waals surface area contributed by atoms with Gasteiger partial charge in [-0.3, -0.25) is 0 Å². The van der Waals surface area contributed by atoms with Gasteiger partial charge in [-0.25, -0.2) is 14.5 Å². The molecule has 2 heterocycles. The molecule has 0 amide bonds. The second-order valence-electron chi connectivity index (χ2n) is 6.26. The number of carboxylic acid groups (broad SMARTS) is 1. The lowest BCUT2D eigenvalue weighted by molar-refractivity contribution is 0.0691. The molecule has 0 unspecified atom stereocenters. The summed E-state index contributed by atoms with van der Waals surface area (Å²) in [7, 11) is 1.59. The van der Waals surface area contributed by atoms with Crippen LogP contribution in [0, 0.1) is 0 Å². The summed E-state index contributed by atoms with van der Waals surface area (Å²) in [4.78, 5) is 16.3. The van der Waals surface area contributed by atoms with Crippen molar-refractivity contribution in [2.24, 2.45) is 0 Å². The van der Waals surface area contributed by atoms with Crippen molar-refractivity contribution in [3.05, 3.63) is 69.1 Å². The summed E-state index contributed by atoms with van der Waals surface area (Å²) in [5, 5.41) is 20.8. The fourth-order valence-corrected chi connectivity index (χ4v) is 3.97. The summed E-state index contributed by atoms with van der Waals surface area (Å²) in [6.07, 6.45) is 0. The number of carbonyl (C=O) groups is 1. The molecule has 0 radical (unpaired) electrons. The summed E-state index contributed by atoms with van der Waals surface area (Å²) in [6.45, 7) is 0.333. The molecule has 10 heteroatoms. The lowest BCUT2D eigenvalue weighted by Crippen LogP contribution is -2.06. The van der Waals surface area contributed by atoms with Gasteiger partial charge in [0.05, 0.1) is 23.7 Å². The summed E-state index contributed by atoms with van der Waals surface area (Å²) in [5.74, 6) is -0.440. The van der Waals surface area contributed by atoms with Gasteiger partial charge in [0, 0.05) is 10.9 Å². The first-order valence-electron chi connectivity index (χ1n) is 8.67. The van der Waals surface area contributed by atoms with Gasteiger partial charge < -0.3 is 9.84 Å². The van der Waals surface area contributed by atoms with Crippen molar-refractivity contribution in [2.45, 2.75) is 6.54 Å². The number of aromatic nitrogens is 4. The Kier molecular flexibility index (Phi) is 5.72. The molecule has 0 saturated heterocycles. The van der Waals surface area contributed by atoms with Crippen molar-refractivity contribution in [3.8, 4) is 27.7 Å². The molecule has 0 bridgehead atoms. The van der Waals surface area contributed by atoms with E-state index in [2.05, 4.69) is 15.3 Å². The molecule has 4 rings (SSSR count). The van der Waals surface area contributed by atoms with Crippen LogP contribution in [0.5, 0.6) is 5.75 Å². The van der Waals surface area contributed by atoms with Crippen molar-refractivity contribution in [3.63, 3.8) is 0 Å². The highest BCUT2D eigenvalue weighted by atomic mass is 35.5. The molecule has 30 heavy (non-hydrogen) atoms. The van der Waals surface area contributed by atoms with Crippen LogP contribution in [0.25, 0.3) is 22.0 Å². The first-order chi connectivity index (χ1) is 14.5. The van der Waals surface area contributed by atoms with Gasteiger partial charge in [-0.1, -0.05) is 46.6 Å². The van der Waals surface area contributed by atoms with E-state index in [4.69, 9.17) is 27.9 Å². The number of halogens is 2. The third-order valence-electron chi connectivity index (χ3n) is 4.34. The Morgan fingerprint density at radius 1 is 1.17 bits per heavy atom. The van der Waals surface area contributed by atoms with Crippen LogP contribution < -0.4 is 4.74 Å². The SMILES string of the molecule is COc1ccc(Cn2nnc(C(=O)O)c2-c2csc(-c3ccc(Cl)c(Cl)c3)n2)cc1. The highest BCUT2D eigenvalue weighted by molar-refractivity contribution is 7.13. The minimum absolute atomic E-state index is 0.158. The number of carboxylic acids is 1. The summed E-state index contributed by atoms with van der Waals surface area (Å²) >= 11 is 13.5. The molecule has 4 aromatic rings. The van der Waals surface area contributed by atoms with Crippen molar-refractivity contribution in [1.29, 1.82) is 0 Å². The number of thiazole rings is 1. The standard InChI is InChI=1S/C20H14Cl2N4O3S/c1-29-13-5-2-11(3-6-13)9-26-18(17(20(27)28)24-25-26)16-10-30-19(23-16)12-4-7-14(21)15(22)8-12/h2-8,10H,9H2,1H3,(H,27,28). The molecular formula is C20H14Cl2N4O3S. The second-order valence-corrected chi connectivity index (χ2v) is 7.94. The van der Waals surface area contributed by atoms with Crippen LogP contribution in [-0.2, 0) is 6.54 Å². The van der Waals surface area contributed by atoms with Crippen LogP contribution in [0.1, 0.15) is 16.1 Å². The summed E-state index contributed by atoms with van der Waals surface area (Å²) < 4.78 is 6.70. The molecule has 0 fully saturated rings. The molecule has 0 aliphatic carbocycles. The molecule has 2 aromatic carbocycles. The topological polar surface area (TPSA) is 90.1 Å². The monoisotopic (exact) mass is 460 g/mol. The second kappa shape index (κ2) is 8.43. The fourth-order valence-electron chi connectivity index (χ4n) is 2.87. The van der Waals surface area contributed by atoms with E-state index >= 15 is 0 Å². The van der Waals surface area contributed by atoms with E-state index in [1.807, 2.05) is 30.3 Å². The van der Waals surface area contributed by atoms with Crippen molar-refractivity contribution in [1.82, 2.24) is 20.0 Å². The number of ether oxygens (including phenoxy) is 1. The van der Waals surface area contributed by atoms with E-state index in [-0.39, 0.29) is 5.69 Å². The minimum Gasteiger partial charge on any atom is -0.497 e. The number of aromatic carboxylic acids is 1. The molecule has 2 aromatic heterocycles. The van der Waals surface area contributed by atoms with E-state index in [9.17, 15) is 9.90 Å². The smallest absolute Gasteiger partial charge is 0.358 e. The van der Waals surface area contributed by atoms with Gasteiger partial charge >= 0.3 is 5.97 Å². The Morgan fingerprint density at radius 2 is 1.93 bits per heavy atom. The molecular weight excluding hydrogens is 447 g/mol. The average molecular weight is 461 g/mol. The summed E-state index contributed by atoms with van der Waals surface area (Å²) in [5.41, 5.74) is 2.35. The predicted molar refractivity (Wildman–Crippen MR) is 116 cm³/mol. The zero-order valence-electron chi connectivity index (χ0n) is 15.5. The Labute approximate surface area is 185 Å². The Hall–Kier alpha value is -2.94. The van der Waals surface area contributed by atoms with Gasteiger partial charge in [0.2, 0.25) is 0 Å². The highest BCUT2D eigenvalue weighted by Gasteiger charge is 2.23. The van der Waals surface area contributed by atoms with E-state index in [1.165, 1.54) is 16.0 Å². The molecule has 0 spiro atoms. The number of benzene rings is 2. The molecule has 7 nitrogen and oxygen atoms in total. The Bertz CT molecular complexity index is 1220. The molecule has 1 N–H and O–H groups in total. The number of nitrogens with zero attached hydrogens (tertiary/aromatic N) is 4. The van der Waals surface area contributed by atoms with Crippen molar-refractivity contribution >= 4 is 40.5 Å². The van der Waals surface area contributed by atoms with Crippen LogP contribution in [-0.4, -0.2) is 38.2 Å². The number of methoxy groups -OCH3 is 1. The third-order valence-corrected chi connectivity index (χ3v) is 5.97. The largest absolute Gasteiger partial charge is 0.497 e. The first-order valence-corrected chi connectivity index (χ1v) is 10.3. The average Bonchev–Trinajstić information content (AvgIpc) is 3.38. The van der Waals surface area contributed by atoms with E-state index in [0.717, 1.165) is 16.9 Å². The highest BCUT2D eigenvalue weighted by Crippen LogP contribution is 2.33. The Morgan fingerprint density at radius 3 is 2.60 bits per heavy atom. The van der Waals surface area contributed by atoms with Crippen LogP contribution in [0.4, 0.5) is 0 Å². The molecule has 0 atom stereocenters. The maximum absolute atomic E-state index is 11.7. The molecule has 152 valence electrons. The molecule has 0 aliphatic rings. The van der Waals surface area contributed by atoms with Crippen LogP contribution in [0.15, 0.2) is 47.8 Å². The number of hydrogen-bond acceptors (Lipinski definition) is 6. The third kappa shape index (κ3) is 4.02. The summed E-state index contributed by atoms with van der Waals surface area (Å²) in [6, 6.07) is 12.6. The van der Waals surface area contributed by atoms with E-state index in [1.54, 1.807) is 24.6 Å². The lowest BCUT2D eigenvalue weighted by atomic mass is 10.2. The lowest BCUT2D eigenvalue weighted by Gasteiger charge is -2.06. The van der Waals surface area contributed by atoms with Crippen LogP contribution in [0.3, 0.4) is 0 Å². The van der Waals surface area contributed by atoms with Gasteiger partial charge in [0.15, 0.2) is 5.69 Å². The van der Waals surface area contributed by atoms with Crippen LogP contribution >= 0.6 is 34.5 Å². The van der Waals surface area contributed by atoms with Gasteiger partial charge in [0.1, 0.15) is 22.1 Å². The van der Waals surface area contributed by atoms with Gasteiger partial charge in [-0.2, -0.15) is 0 Å². The zero-order valence-corrected chi connectivity index (χ0v) is 17.9. The molecule has 0 aliphatic heterocycles. The van der Waals surface area contributed by atoms with E-state index in [0.29, 0.717) is 33.0 Å². The Balaban J connectivity index is 1.72. The normalized spacial score (nSPS) is 10.9. The van der Waals surface area contributed by atoms with Crippen molar-refractivity contribution in [2.75, 3.05) is 7.11 Å². The van der Waals surface area contributed by atoms with Crippen molar-refractivity contribution < 1.29 is 14.6 Å². The number of rotatable bonds is 6. The fraction of sp³-hybridized carbons (Fsp3) is 0.100. The van der Waals surface area contributed by atoms with Gasteiger partial charge in [-0.05, 0) is 29.8 Å². The maximum atomic E-state index is 11.7. The minimum atomic E-state index is -1.17.